The predicted octanol–water partition coefficient (Wildman–Crippen LogP) is 13.2. The van der Waals surface area contributed by atoms with Gasteiger partial charge in [-0.05, 0) is 155 Å². The normalized spacial score (nSPS) is 12.4. The highest BCUT2D eigenvalue weighted by molar-refractivity contribution is 4.82. The Kier molecular flexibility index (Phi) is 52.1. The topological polar surface area (TPSA) is 73.7 Å². The van der Waals surface area contributed by atoms with Crippen molar-refractivity contribution in [3.8, 4) is 0 Å². The van der Waals surface area contributed by atoms with Gasteiger partial charge >= 0.3 is 0 Å². The molecule has 0 fully saturated rings. The van der Waals surface area contributed by atoms with Gasteiger partial charge < -0.3 is 30.0 Å². The molecular formula is C55H112N4O3. The Morgan fingerprint density at radius 3 is 0.742 bits per heavy atom. The molecular weight excluding hydrogens is 765 g/mol. The van der Waals surface area contributed by atoms with E-state index in [0.717, 1.165) is 45.6 Å². The molecule has 7 nitrogen and oxygen atoms in total. The number of hydrogen-bond donors (Lipinski definition) is 3. The molecule has 0 bridgehead atoms. The third-order valence-electron chi connectivity index (χ3n) is 12.9. The summed E-state index contributed by atoms with van der Waals surface area (Å²) >= 11 is 0. The lowest BCUT2D eigenvalue weighted by molar-refractivity contribution is 0.152. The van der Waals surface area contributed by atoms with Gasteiger partial charge in [-0.1, -0.05) is 161 Å². The lowest BCUT2D eigenvalue weighted by Gasteiger charge is -2.27. The molecule has 0 aliphatic carbocycles. The molecule has 0 aromatic carbocycles. The Balaban J connectivity index is 4.71. The number of nitrogens with zero attached hydrogens (tertiary/aromatic N) is 4. The summed E-state index contributed by atoms with van der Waals surface area (Å²) in [5.41, 5.74) is 0. The van der Waals surface area contributed by atoms with E-state index < -0.39 is 0 Å². The van der Waals surface area contributed by atoms with Crippen LogP contribution >= 0.6 is 0 Å². The van der Waals surface area contributed by atoms with Gasteiger partial charge in [0, 0.05) is 19.6 Å². The van der Waals surface area contributed by atoms with Crippen LogP contribution in [0.15, 0.2) is 24.3 Å². The first kappa shape index (κ1) is 61.2. The zero-order valence-electron chi connectivity index (χ0n) is 42.4. The van der Waals surface area contributed by atoms with Crippen LogP contribution in [0, 0.1) is 0 Å². The highest BCUT2D eigenvalue weighted by Crippen LogP contribution is 2.14. The first-order chi connectivity index (χ1) is 30.6. The van der Waals surface area contributed by atoms with Crippen molar-refractivity contribution in [2.24, 2.45) is 0 Å². The summed E-state index contributed by atoms with van der Waals surface area (Å²) in [7, 11) is 0. The van der Waals surface area contributed by atoms with Gasteiger partial charge in [0.25, 0.3) is 0 Å². The molecule has 3 N–H and O–H groups in total. The van der Waals surface area contributed by atoms with Crippen molar-refractivity contribution in [2.75, 3.05) is 98.4 Å². The minimum absolute atomic E-state index is 0.158. The van der Waals surface area contributed by atoms with Crippen molar-refractivity contribution in [1.82, 2.24) is 19.6 Å². The van der Waals surface area contributed by atoms with Gasteiger partial charge in [0.2, 0.25) is 0 Å². The van der Waals surface area contributed by atoms with Crippen molar-refractivity contribution >= 4 is 0 Å². The van der Waals surface area contributed by atoms with Crippen molar-refractivity contribution < 1.29 is 15.3 Å². The molecule has 0 unspecified atom stereocenters. The maximum absolute atomic E-state index is 9.58. The average Bonchev–Trinajstić information content (AvgIpc) is 3.27. The summed E-state index contributed by atoms with van der Waals surface area (Å²) in [6.45, 7) is 19.7. The van der Waals surface area contributed by atoms with E-state index in [9.17, 15) is 15.3 Å². The molecule has 62 heavy (non-hydrogen) atoms. The van der Waals surface area contributed by atoms with Gasteiger partial charge in [-0.2, -0.15) is 0 Å². The molecule has 7 heteroatoms. The number of allylic oxidation sites excluding steroid dienone is 4. The summed E-state index contributed by atoms with van der Waals surface area (Å²) in [6.07, 6.45) is 53.6. The SMILES string of the molecule is CCCCCCCC/C=C\CCCCCCCCN(CCCCN(CCCCCCCC/C=C\CCCCCCCC)CCCN(CCO)CCO)CCCN(CCC)CCO. The highest BCUT2D eigenvalue weighted by atomic mass is 16.3. The Morgan fingerprint density at radius 1 is 0.226 bits per heavy atom. The Morgan fingerprint density at radius 2 is 0.452 bits per heavy atom. The maximum atomic E-state index is 9.58. The van der Waals surface area contributed by atoms with Crippen LogP contribution in [0.25, 0.3) is 0 Å². The van der Waals surface area contributed by atoms with Crippen molar-refractivity contribution in [2.45, 2.75) is 233 Å². The third-order valence-corrected chi connectivity index (χ3v) is 12.9. The number of hydrogen-bond acceptors (Lipinski definition) is 7. The molecule has 0 aliphatic heterocycles. The third kappa shape index (κ3) is 45.8. The largest absolute Gasteiger partial charge is 0.395 e. The van der Waals surface area contributed by atoms with Crippen LogP contribution in [0.1, 0.15) is 233 Å². The predicted molar refractivity (Wildman–Crippen MR) is 275 cm³/mol. The van der Waals surface area contributed by atoms with Gasteiger partial charge in [0.05, 0.1) is 19.8 Å². The molecule has 0 aromatic heterocycles. The van der Waals surface area contributed by atoms with Crippen LogP contribution in [0.3, 0.4) is 0 Å². The molecule has 370 valence electrons. The second-order valence-electron chi connectivity index (χ2n) is 18.8. The van der Waals surface area contributed by atoms with Crippen LogP contribution in [0.5, 0.6) is 0 Å². The van der Waals surface area contributed by atoms with E-state index in [-0.39, 0.29) is 19.8 Å². The van der Waals surface area contributed by atoms with Crippen LogP contribution < -0.4 is 0 Å². The van der Waals surface area contributed by atoms with Gasteiger partial charge in [0.1, 0.15) is 0 Å². The summed E-state index contributed by atoms with van der Waals surface area (Å²) < 4.78 is 0. The van der Waals surface area contributed by atoms with Crippen molar-refractivity contribution in [3.05, 3.63) is 24.3 Å². The average molecular weight is 878 g/mol. The molecule has 0 amide bonds. The van der Waals surface area contributed by atoms with Gasteiger partial charge in [-0.25, -0.2) is 0 Å². The van der Waals surface area contributed by atoms with E-state index >= 15 is 0 Å². The molecule has 0 spiro atoms. The van der Waals surface area contributed by atoms with E-state index in [2.05, 4.69) is 64.7 Å². The molecule has 0 heterocycles. The van der Waals surface area contributed by atoms with Crippen LogP contribution in [-0.4, -0.2) is 133 Å². The van der Waals surface area contributed by atoms with Crippen LogP contribution in [0.2, 0.25) is 0 Å². The highest BCUT2D eigenvalue weighted by Gasteiger charge is 2.11. The monoisotopic (exact) mass is 877 g/mol. The lowest BCUT2D eigenvalue weighted by Crippen LogP contribution is -2.35. The number of aliphatic hydroxyl groups excluding tert-OH is 3. The van der Waals surface area contributed by atoms with Gasteiger partial charge in [-0.3, -0.25) is 4.90 Å². The molecule has 0 atom stereocenters. The molecule has 0 saturated carbocycles. The first-order valence-corrected chi connectivity index (χ1v) is 27.7. The zero-order chi connectivity index (χ0) is 45.1. The number of rotatable bonds is 53. The smallest absolute Gasteiger partial charge is 0.0558 e. The summed E-state index contributed by atoms with van der Waals surface area (Å²) in [5, 5.41) is 28.6. The van der Waals surface area contributed by atoms with E-state index in [1.165, 1.54) is 232 Å². The van der Waals surface area contributed by atoms with Gasteiger partial charge in [-0.15, -0.1) is 0 Å². The van der Waals surface area contributed by atoms with E-state index in [1.807, 2.05) is 0 Å². The summed E-state index contributed by atoms with van der Waals surface area (Å²) in [4.78, 5) is 10.1. The standard InChI is InChI=1S/C55H112N4O3/c1-4-7-9-11-13-15-17-19-21-23-25-27-29-31-33-35-42-57(47-39-46-56(41-6-3)50-53-60)44-37-38-45-58(48-40-49-59(51-54-61)52-55-62)43-36-34-32-30-28-26-24-22-20-18-16-14-12-10-8-5-2/h19-22,60-62H,4-18,23-55H2,1-3H3/b21-19-,22-20-. The molecule has 0 saturated heterocycles. The molecule has 0 radical (unpaired) electrons. The summed E-state index contributed by atoms with van der Waals surface area (Å²) in [5.74, 6) is 0. The number of unbranched alkanes of at least 4 members (excludes halogenated alkanes) is 25. The Bertz CT molecular complexity index is 807. The minimum Gasteiger partial charge on any atom is -0.395 e. The van der Waals surface area contributed by atoms with Crippen LogP contribution in [0.4, 0.5) is 0 Å². The fourth-order valence-corrected chi connectivity index (χ4v) is 8.95. The maximum Gasteiger partial charge on any atom is 0.0558 e. The van der Waals surface area contributed by atoms with Crippen LogP contribution in [-0.2, 0) is 0 Å². The fraction of sp³-hybridized carbons (Fsp3) is 0.927. The van der Waals surface area contributed by atoms with Gasteiger partial charge in [0.15, 0.2) is 0 Å². The summed E-state index contributed by atoms with van der Waals surface area (Å²) in [6, 6.07) is 0. The fourth-order valence-electron chi connectivity index (χ4n) is 8.95. The minimum atomic E-state index is 0.158. The van der Waals surface area contributed by atoms with Crippen molar-refractivity contribution in [3.63, 3.8) is 0 Å². The molecule has 0 rings (SSSR count). The van der Waals surface area contributed by atoms with E-state index in [0.29, 0.717) is 13.1 Å². The quantitative estimate of drug-likeness (QED) is 0.0415. The molecule has 0 aliphatic rings. The second kappa shape index (κ2) is 52.8. The zero-order valence-corrected chi connectivity index (χ0v) is 42.4. The Labute approximate surface area is 388 Å². The van der Waals surface area contributed by atoms with E-state index in [1.54, 1.807) is 0 Å². The number of aliphatic hydroxyl groups is 3. The lowest BCUT2D eigenvalue weighted by atomic mass is 10.1. The first-order valence-electron chi connectivity index (χ1n) is 27.7. The molecule has 0 aromatic rings. The second-order valence-corrected chi connectivity index (χ2v) is 18.8. The Hall–Kier alpha value is -0.800. The van der Waals surface area contributed by atoms with Crippen molar-refractivity contribution in [1.29, 1.82) is 0 Å². The van der Waals surface area contributed by atoms with E-state index in [4.69, 9.17) is 0 Å².